The zero-order valence-corrected chi connectivity index (χ0v) is 15.8. The second-order valence-corrected chi connectivity index (χ2v) is 7.52. The van der Waals surface area contributed by atoms with E-state index < -0.39 is 11.4 Å². The molecule has 1 atom stereocenters. The molecule has 28 heavy (non-hydrogen) atoms. The summed E-state index contributed by atoms with van der Waals surface area (Å²) in [7, 11) is 1.55. The highest BCUT2D eigenvalue weighted by atomic mass is 16.5. The standard InChI is InChI=1S/C21H22N2O5/c1-21(20(25)26)7-8-23(12-21)11-19(24)22-15-10-17-14(9-18(15)27-2)13-5-3-4-6-16(13)28-17/h3-6,9-10H,7-8,11-12H2,1-2H3,(H,22,24)(H,25,26). The Balaban J connectivity index is 1.55. The Labute approximate surface area is 161 Å². The minimum Gasteiger partial charge on any atom is -0.495 e. The van der Waals surface area contributed by atoms with E-state index >= 15 is 0 Å². The highest BCUT2D eigenvalue weighted by Gasteiger charge is 2.40. The maximum Gasteiger partial charge on any atom is 0.310 e. The summed E-state index contributed by atoms with van der Waals surface area (Å²) in [5.74, 6) is -0.500. The van der Waals surface area contributed by atoms with Crippen LogP contribution in [0.2, 0.25) is 0 Å². The number of carboxylic acids is 1. The quantitative estimate of drug-likeness (QED) is 0.703. The van der Waals surface area contributed by atoms with Crippen LogP contribution in [-0.4, -0.2) is 48.6 Å². The lowest BCUT2D eigenvalue weighted by atomic mass is 9.90. The van der Waals surface area contributed by atoms with Crippen LogP contribution in [0.3, 0.4) is 0 Å². The summed E-state index contributed by atoms with van der Waals surface area (Å²) in [6.45, 7) is 2.78. The number of nitrogens with zero attached hydrogens (tertiary/aromatic N) is 1. The van der Waals surface area contributed by atoms with Crippen LogP contribution in [0.1, 0.15) is 13.3 Å². The van der Waals surface area contributed by atoms with Gasteiger partial charge in [0.05, 0.1) is 24.8 Å². The highest BCUT2D eigenvalue weighted by Crippen LogP contribution is 2.36. The van der Waals surface area contributed by atoms with E-state index in [-0.39, 0.29) is 12.5 Å². The molecule has 1 aliphatic heterocycles. The number of likely N-dealkylation sites (tertiary alicyclic amines) is 1. The number of nitrogens with one attached hydrogen (secondary N) is 1. The van der Waals surface area contributed by atoms with Crippen LogP contribution in [0.4, 0.5) is 5.69 Å². The van der Waals surface area contributed by atoms with Crippen LogP contribution in [0, 0.1) is 5.41 Å². The fourth-order valence-electron chi connectivity index (χ4n) is 3.78. The Kier molecular flexibility index (Phi) is 4.47. The van der Waals surface area contributed by atoms with Crippen LogP contribution in [0.5, 0.6) is 5.75 Å². The minimum absolute atomic E-state index is 0.129. The summed E-state index contributed by atoms with van der Waals surface area (Å²) in [5, 5.41) is 14.1. The van der Waals surface area contributed by atoms with Gasteiger partial charge in [0.1, 0.15) is 16.9 Å². The van der Waals surface area contributed by atoms with E-state index in [1.807, 2.05) is 35.2 Å². The Hall–Kier alpha value is -3.06. The first kappa shape index (κ1) is 18.3. The highest BCUT2D eigenvalue weighted by molar-refractivity contribution is 6.07. The van der Waals surface area contributed by atoms with Crippen molar-refractivity contribution in [3.63, 3.8) is 0 Å². The van der Waals surface area contributed by atoms with E-state index in [1.165, 1.54) is 0 Å². The van der Waals surface area contributed by atoms with Crippen LogP contribution in [0.25, 0.3) is 21.9 Å². The average Bonchev–Trinajstić information content (AvgIpc) is 3.21. The molecule has 0 spiro atoms. The van der Waals surface area contributed by atoms with Crippen LogP contribution in [-0.2, 0) is 9.59 Å². The molecule has 2 N–H and O–H groups in total. The molecule has 146 valence electrons. The predicted octanol–water partition coefficient (Wildman–Crippen LogP) is 3.33. The Morgan fingerprint density at radius 2 is 2.04 bits per heavy atom. The van der Waals surface area contributed by atoms with E-state index in [1.54, 1.807) is 20.1 Å². The molecule has 7 heteroatoms. The molecular formula is C21H22N2O5. The number of para-hydroxylation sites is 1. The van der Waals surface area contributed by atoms with Crippen molar-refractivity contribution in [2.45, 2.75) is 13.3 Å². The maximum atomic E-state index is 12.5. The van der Waals surface area contributed by atoms with Crippen molar-refractivity contribution in [3.8, 4) is 5.75 Å². The molecule has 1 aromatic heterocycles. The normalized spacial score (nSPS) is 19.9. The Bertz CT molecular complexity index is 1070. The van der Waals surface area contributed by atoms with E-state index in [2.05, 4.69) is 5.32 Å². The molecule has 1 aliphatic rings. The molecule has 3 aromatic rings. The molecule has 2 aromatic carbocycles. The number of benzene rings is 2. The van der Waals surface area contributed by atoms with Gasteiger partial charge in [0.15, 0.2) is 0 Å². The molecule has 1 fully saturated rings. The number of rotatable bonds is 5. The summed E-state index contributed by atoms with van der Waals surface area (Å²) in [6.07, 6.45) is 0.532. The zero-order chi connectivity index (χ0) is 19.9. The largest absolute Gasteiger partial charge is 0.495 e. The molecule has 0 bridgehead atoms. The lowest BCUT2D eigenvalue weighted by Gasteiger charge is -2.20. The van der Waals surface area contributed by atoms with Gasteiger partial charge in [-0.05, 0) is 32.0 Å². The third-order valence-corrected chi connectivity index (χ3v) is 5.41. The van der Waals surface area contributed by atoms with Crippen molar-refractivity contribution in [2.75, 3.05) is 32.1 Å². The number of hydrogen-bond donors (Lipinski definition) is 2. The van der Waals surface area contributed by atoms with Crippen molar-refractivity contribution >= 4 is 39.5 Å². The van der Waals surface area contributed by atoms with E-state index in [4.69, 9.17) is 9.15 Å². The van der Waals surface area contributed by atoms with Crippen molar-refractivity contribution in [1.82, 2.24) is 4.90 Å². The van der Waals surface area contributed by atoms with Gasteiger partial charge in [-0.2, -0.15) is 0 Å². The average molecular weight is 382 g/mol. The van der Waals surface area contributed by atoms with Crippen LogP contribution in [0.15, 0.2) is 40.8 Å². The monoisotopic (exact) mass is 382 g/mol. The Morgan fingerprint density at radius 3 is 2.75 bits per heavy atom. The zero-order valence-electron chi connectivity index (χ0n) is 15.8. The van der Waals surface area contributed by atoms with Gasteiger partial charge in [-0.25, -0.2) is 0 Å². The molecule has 1 unspecified atom stereocenters. The van der Waals surface area contributed by atoms with Gasteiger partial charge in [-0.15, -0.1) is 0 Å². The molecule has 0 radical (unpaired) electrons. The lowest BCUT2D eigenvalue weighted by molar-refractivity contribution is -0.147. The molecule has 1 amide bonds. The number of fused-ring (bicyclic) bond motifs is 3. The third-order valence-electron chi connectivity index (χ3n) is 5.41. The number of hydrogen-bond acceptors (Lipinski definition) is 5. The number of amides is 1. The minimum atomic E-state index is -0.826. The van der Waals surface area contributed by atoms with Gasteiger partial charge < -0.3 is 19.6 Å². The smallest absolute Gasteiger partial charge is 0.310 e. The summed E-state index contributed by atoms with van der Waals surface area (Å²) in [5.41, 5.74) is 1.16. The van der Waals surface area contributed by atoms with Gasteiger partial charge in [0, 0.05) is 23.4 Å². The number of anilines is 1. The molecule has 0 saturated carbocycles. The van der Waals surface area contributed by atoms with E-state index in [0.29, 0.717) is 36.5 Å². The van der Waals surface area contributed by atoms with Gasteiger partial charge in [-0.3, -0.25) is 14.5 Å². The molecule has 7 nitrogen and oxygen atoms in total. The Morgan fingerprint density at radius 1 is 1.25 bits per heavy atom. The second-order valence-electron chi connectivity index (χ2n) is 7.52. The first-order valence-electron chi connectivity index (χ1n) is 9.14. The van der Waals surface area contributed by atoms with Crippen molar-refractivity contribution in [1.29, 1.82) is 0 Å². The fourth-order valence-corrected chi connectivity index (χ4v) is 3.78. The maximum absolute atomic E-state index is 12.5. The van der Waals surface area contributed by atoms with Gasteiger partial charge in [-0.1, -0.05) is 18.2 Å². The number of ether oxygens (including phenoxy) is 1. The van der Waals surface area contributed by atoms with Gasteiger partial charge in [0.2, 0.25) is 5.91 Å². The van der Waals surface area contributed by atoms with Crippen LogP contribution >= 0.6 is 0 Å². The van der Waals surface area contributed by atoms with Crippen molar-refractivity contribution < 1.29 is 23.8 Å². The van der Waals surface area contributed by atoms with E-state index in [0.717, 1.165) is 16.4 Å². The first-order valence-corrected chi connectivity index (χ1v) is 9.14. The van der Waals surface area contributed by atoms with E-state index in [9.17, 15) is 14.7 Å². The summed E-state index contributed by atoms with van der Waals surface area (Å²) >= 11 is 0. The third kappa shape index (κ3) is 3.18. The molecule has 2 heterocycles. The molecule has 0 aliphatic carbocycles. The number of carbonyl (C=O) groups excluding carboxylic acids is 1. The lowest BCUT2D eigenvalue weighted by Crippen LogP contribution is -2.35. The number of carbonyl (C=O) groups is 2. The predicted molar refractivity (Wildman–Crippen MR) is 106 cm³/mol. The van der Waals surface area contributed by atoms with Gasteiger partial charge in [0.25, 0.3) is 0 Å². The van der Waals surface area contributed by atoms with Crippen LogP contribution < -0.4 is 10.1 Å². The second kappa shape index (κ2) is 6.83. The first-order chi connectivity index (χ1) is 13.4. The van der Waals surface area contributed by atoms with Gasteiger partial charge >= 0.3 is 5.97 Å². The van der Waals surface area contributed by atoms with Crippen molar-refractivity contribution in [3.05, 3.63) is 36.4 Å². The molecule has 1 saturated heterocycles. The summed E-state index contributed by atoms with van der Waals surface area (Å²) < 4.78 is 11.3. The van der Waals surface area contributed by atoms with Crippen molar-refractivity contribution in [2.24, 2.45) is 5.41 Å². The molecular weight excluding hydrogens is 360 g/mol. The summed E-state index contributed by atoms with van der Waals surface area (Å²) in [6, 6.07) is 11.3. The number of carboxylic acid groups (broad SMARTS) is 1. The number of aliphatic carboxylic acids is 1. The summed E-state index contributed by atoms with van der Waals surface area (Å²) in [4.78, 5) is 25.8. The topological polar surface area (TPSA) is 92.0 Å². The fraction of sp³-hybridized carbons (Fsp3) is 0.333. The molecule has 4 rings (SSSR count). The number of methoxy groups -OCH3 is 1. The number of furan rings is 1. The SMILES string of the molecule is COc1cc2c(cc1NC(=O)CN1CCC(C)(C(=O)O)C1)oc1ccccc12.